The Morgan fingerprint density at radius 2 is 1.80 bits per heavy atom. The molecule has 0 aliphatic heterocycles. The second-order valence-electron chi connectivity index (χ2n) is 3.95. The molecule has 0 amide bonds. The van der Waals surface area contributed by atoms with Gasteiger partial charge in [0.15, 0.2) is 0 Å². The number of nitrogens with zero attached hydrogens (tertiary/aromatic N) is 2. The lowest BCUT2D eigenvalue weighted by Gasteiger charge is -2.08. The molecule has 1 aromatic heterocycles. The number of rotatable bonds is 3. The van der Waals surface area contributed by atoms with E-state index in [0.29, 0.717) is 12.5 Å². The molecular formula is C11H18ClN3. The third-order valence-electron chi connectivity index (χ3n) is 2.92. The van der Waals surface area contributed by atoms with Crippen LogP contribution in [0.25, 0.3) is 0 Å². The average molecular weight is 228 g/mol. The predicted octanol–water partition coefficient (Wildman–Crippen LogP) is 2.06. The maximum absolute atomic E-state index is 5.44. The Balaban J connectivity index is 0.00000112. The van der Waals surface area contributed by atoms with Gasteiger partial charge in [-0.1, -0.05) is 12.8 Å². The van der Waals surface area contributed by atoms with E-state index < -0.39 is 0 Å². The zero-order chi connectivity index (χ0) is 9.80. The molecule has 15 heavy (non-hydrogen) atoms. The van der Waals surface area contributed by atoms with Crippen LogP contribution in [0.5, 0.6) is 0 Å². The fourth-order valence-electron chi connectivity index (χ4n) is 2.09. The number of hydrogen-bond acceptors (Lipinski definition) is 3. The molecular weight excluding hydrogens is 210 g/mol. The van der Waals surface area contributed by atoms with Crippen LogP contribution in [0.4, 0.5) is 0 Å². The highest BCUT2D eigenvalue weighted by atomic mass is 35.5. The third kappa shape index (κ3) is 3.14. The fraction of sp³-hybridized carbons (Fsp3) is 0.636. The summed E-state index contributed by atoms with van der Waals surface area (Å²) >= 11 is 0. The van der Waals surface area contributed by atoms with Crippen molar-refractivity contribution in [3.63, 3.8) is 0 Å². The van der Waals surface area contributed by atoms with Crippen molar-refractivity contribution in [3.05, 3.63) is 23.8 Å². The van der Waals surface area contributed by atoms with Gasteiger partial charge in [0.2, 0.25) is 0 Å². The number of halogens is 1. The van der Waals surface area contributed by atoms with E-state index in [-0.39, 0.29) is 12.4 Å². The molecule has 3 nitrogen and oxygen atoms in total. The van der Waals surface area contributed by atoms with Crippen molar-refractivity contribution in [1.29, 1.82) is 0 Å². The normalized spacial score (nSPS) is 16.3. The van der Waals surface area contributed by atoms with E-state index in [2.05, 4.69) is 9.97 Å². The molecule has 0 aromatic carbocycles. The summed E-state index contributed by atoms with van der Waals surface area (Å²) < 4.78 is 0. The summed E-state index contributed by atoms with van der Waals surface area (Å²) in [4.78, 5) is 8.64. The molecule has 0 atom stereocenters. The van der Waals surface area contributed by atoms with Crippen molar-refractivity contribution in [3.8, 4) is 0 Å². The Bertz CT molecular complexity index is 280. The molecule has 0 radical (unpaired) electrons. The van der Waals surface area contributed by atoms with Crippen LogP contribution in [-0.2, 0) is 6.42 Å². The van der Waals surface area contributed by atoms with Crippen LogP contribution in [-0.4, -0.2) is 16.5 Å². The Morgan fingerprint density at radius 1 is 1.20 bits per heavy atom. The smallest absolute Gasteiger partial charge is 0.129 e. The summed E-state index contributed by atoms with van der Waals surface area (Å²) in [5.41, 5.74) is 6.75. The molecule has 0 bridgehead atoms. The maximum Gasteiger partial charge on any atom is 0.129 e. The topological polar surface area (TPSA) is 51.8 Å². The molecule has 0 spiro atoms. The van der Waals surface area contributed by atoms with E-state index in [1.807, 2.05) is 12.4 Å². The van der Waals surface area contributed by atoms with Gasteiger partial charge in [0.05, 0.1) is 0 Å². The lowest BCUT2D eigenvalue weighted by atomic mass is 10.0. The summed E-state index contributed by atoms with van der Waals surface area (Å²) in [7, 11) is 0. The molecule has 2 rings (SSSR count). The van der Waals surface area contributed by atoms with Crippen LogP contribution in [0.15, 0.2) is 12.4 Å². The summed E-state index contributed by atoms with van der Waals surface area (Å²) in [5.74, 6) is 1.58. The zero-order valence-corrected chi connectivity index (χ0v) is 9.67. The molecule has 0 unspecified atom stereocenters. The van der Waals surface area contributed by atoms with Gasteiger partial charge in [0, 0.05) is 18.8 Å². The number of hydrogen-bond donors (Lipinski definition) is 1. The molecule has 1 aliphatic rings. The van der Waals surface area contributed by atoms with Crippen LogP contribution in [0, 0.1) is 0 Å². The molecule has 1 aliphatic carbocycles. The second-order valence-corrected chi connectivity index (χ2v) is 3.95. The largest absolute Gasteiger partial charge is 0.330 e. The van der Waals surface area contributed by atoms with Gasteiger partial charge in [-0.25, -0.2) is 9.97 Å². The van der Waals surface area contributed by atoms with Gasteiger partial charge in [-0.05, 0) is 30.9 Å². The van der Waals surface area contributed by atoms with Crippen molar-refractivity contribution < 1.29 is 0 Å². The molecule has 4 heteroatoms. The Morgan fingerprint density at radius 3 is 2.33 bits per heavy atom. The summed E-state index contributed by atoms with van der Waals surface area (Å²) in [5, 5.41) is 0. The predicted molar refractivity (Wildman–Crippen MR) is 63.2 cm³/mol. The van der Waals surface area contributed by atoms with Crippen molar-refractivity contribution >= 4 is 12.4 Å². The van der Waals surface area contributed by atoms with Crippen LogP contribution in [0.3, 0.4) is 0 Å². The minimum absolute atomic E-state index is 0. The van der Waals surface area contributed by atoms with Crippen molar-refractivity contribution in [1.82, 2.24) is 9.97 Å². The lowest BCUT2D eigenvalue weighted by Crippen LogP contribution is -2.07. The highest BCUT2D eigenvalue weighted by Gasteiger charge is 2.17. The number of nitrogens with two attached hydrogens (primary N) is 1. The third-order valence-corrected chi connectivity index (χ3v) is 2.92. The molecule has 1 heterocycles. The zero-order valence-electron chi connectivity index (χ0n) is 8.85. The Labute approximate surface area is 96.9 Å². The minimum atomic E-state index is 0. The van der Waals surface area contributed by atoms with Crippen molar-refractivity contribution in [2.75, 3.05) is 6.54 Å². The highest BCUT2D eigenvalue weighted by Crippen LogP contribution is 2.33. The number of aromatic nitrogens is 2. The van der Waals surface area contributed by atoms with E-state index in [1.54, 1.807) is 0 Å². The monoisotopic (exact) mass is 227 g/mol. The van der Waals surface area contributed by atoms with Gasteiger partial charge in [0.25, 0.3) is 0 Å². The molecule has 1 aromatic rings. The Kier molecular flexibility index (Phi) is 4.99. The molecule has 0 saturated heterocycles. The molecule has 2 N–H and O–H groups in total. The second kappa shape index (κ2) is 6.03. The quantitative estimate of drug-likeness (QED) is 0.860. The first-order valence-corrected chi connectivity index (χ1v) is 5.41. The average Bonchev–Trinajstić information content (AvgIpc) is 2.72. The SMILES string of the molecule is Cl.NCCc1ncc(C2CCCC2)cn1. The van der Waals surface area contributed by atoms with Gasteiger partial charge in [-0.2, -0.15) is 0 Å². The fourth-order valence-corrected chi connectivity index (χ4v) is 2.09. The van der Waals surface area contributed by atoms with Crippen LogP contribution < -0.4 is 5.73 Å². The van der Waals surface area contributed by atoms with Gasteiger partial charge in [0.1, 0.15) is 5.82 Å². The summed E-state index contributed by atoms with van der Waals surface area (Å²) in [6, 6.07) is 0. The van der Waals surface area contributed by atoms with Gasteiger partial charge in [-0.15, -0.1) is 12.4 Å². The van der Waals surface area contributed by atoms with Crippen molar-refractivity contribution in [2.45, 2.75) is 38.0 Å². The molecule has 84 valence electrons. The van der Waals surface area contributed by atoms with E-state index >= 15 is 0 Å². The summed E-state index contributed by atoms with van der Waals surface area (Å²) in [6.07, 6.45) is 10.1. The standard InChI is InChI=1S/C11H17N3.ClH/c12-6-5-11-13-7-10(8-14-11)9-3-1-2-4-9;/h7-9H,1-6,12H2;1H. The van der Waals surface area contributed by atoms with Crippen LogP contribution in [0.2, 0.25) is 0 Å². The first-order chi connectivity index (χ1) is 6.90. The first-order valence-electron chi connectivity index (χ1n) is 5.41. The highest BCUT2D eigenvalue weighted by molar-refractivity contribution is 5.85. The Hall–Kier alpha value is -0.670. The molecule has 1 fully saturated rings. The van der Waals surface area contributed by atoms with E-state index in [0.717, 1.165) is 12.2 Å². The van der Waals surface area contributed by atoms with E-state index in [9.17, 15) is 0 Å². The van der Waals surface area contributed by atoms with Crippen molar-refractivity contribution in [2.24, 2.45) is 5.73 Å². The van der Waals surface area contributed by atoms with Gasteiger partial charge >= 0.3 is 0 Å². The van der Waals surface area contributed by atoms with Gasteiger partial charge in [-0.3, -0.25) is 0 Å². The summed E-state index contributed by atoms with van der Waals surface area (Å²) in [6.45, 7) is 0.628. The maximum atomic E-state index is 5.44. The molecule has 1 saturated carbocycles. The minimum Gasteiger partial charge on any atom is -0.330 e. The van der Waals surface area contributed by atoms with Gasteiger partial charge < -0.3 is 5.73 Å². The first kappa shape index (κ1) is 12.4. The van der Waals surface area contributed by atoms with Crippen LogP contribution in [0.1, 0.15) is 43.0 Å². The lowest BCUT2D eigenvalue weighted by molar-refractivity contribution is 0.707. The van der Waals surface area contributed by atoms with Crippen LogP contribution >= 0.6 is 12.4 Å². The van der Waals surface area contributed by atoms with E-state index in [4.69, 9.17) is 5.73 Å². The van der Waals surface area contributed by atoms with E-state index in [1.165, 1.54) is 31.2 Å².